The van der Waals surface area contributed by atoms with Crippen LogP contribution in [0.2, 0.25) is 0 Å². The van der Waals surface area contributed by atoms with Gasteiger partial charge in [0.1, 0.15) is 19.3 Å². The fraction of sp³-hybridized carbons (Fsp3) is 0.880. The van der Waals surface area contributed by atoms with Crippen LogP contribution in [0.3, 0.4) is 0 Å². The molecule has 0 radical (unpaired) electrons. The molecule has 188 valence electrons. The van der Waals surface area contributed by atoms with Crippen molar-refractivity contribution in [3.8, 4) is 0 Å². The number of carboxylic acid groups (broad SMARTS) is 1. The first-order valence-corrected chi connectivity index (χ1v) is 12.7. The predicted octanol–water partition coefficient (Wildman–Crippen LogP) is 5.56. The molecule has 1 unspecified atom stereocenters. The van der Waals surface area contributed by atoms with Gasteiger partial charge in [-0.25, -0.2) is 0 Å². The Morgan fingerprint density at radius 3 is 1.38 bits per heavy atom. The average molecular weight is 459 g/mol. The summed E-state index contributed by atoms with van der Waals surface area (Å²) >= 11 is 0. The number of carbonyl (C=O) groups excluding carboxylic acids is 2. The third-order valence-electron chi connectivity index (χ3n) is 5.40. The number of esters is 2. The van der Waals surface area contributed by atoms with Crippen molar-refractivity contribution in [2.45, 2.75) is 129 Å². The SMILES string of the molecule is CCCCCCCCCCCCCCCCCC(=O)OCC(O)COC(=O)CCC(=O)O. The van der Waals surface area contributed by atoms with Gasteiger partial charge in [0.2, 0.25) is 0 Å². The topological polar surface area (TPSA) is 110 Å². The number of aliphatic carboxylic acids is 1. The minimum Gasteiger partial charge on any atom is -0.481 e. The van der Waals surface area contributed by atoms with Crippen LogP contribution >= 0.6 is 0 Å². The maximum Gasteiger partial charge on any atom is 0.306 e. The summed E-state index contributed by atoms with van der Waals surface area (Å²) in [6, 6.07) is 0. The van der Waals surface area contributed by atoms with Crippen molar-refractivity contribution in [1.29, 1.82) is 0 Å². The van der Waals surface area contributed by atoms with Crippen LogP contribution in [0.25, 0.3) is 0 Å². The highest BCUT2D eigenvalue weighted by Gasteiger charge is 2.12. The van der Waals surface area contributed by atoms with E-state index in [1.807, 2.05) is 0 Å². The normalized spacial score (nSPS) is 11.8. The second-order valence-corrected chi connectivity index (χ2v) is 8.61. The molecule has 0 fully saturated rings. The minimum atomic E-state index is -1.10. The molecular weight excluding hydrogens is 412 g/mol. The van der Waals surface area contributed by atoms with Crippen molar-refractivity contribution < 1.29 is 34.1 Å². The maximum absolute atomic E-state index is 11.7. The van der Waals surface area contributed by atoms with Gasteiger partial charge in [-0.3, -0.25) is 14.4 Å². The lowest BCUT2D eigenvalue weighted by atomic mass is 10.0. The first-order valence-electron chi connectivity index (χ1n) is 12.7. The van der Waals surface area contributed by atoms with Gasteiger partial charge in [-0.1, -0.05) is 96.8 Å². The molecule has 32 heavy (non-hydrogen) atoms. The molecule has 1 atom stereocenters. The Morgan fingerprint density at radius 2 is 0.969 bits per heavy atom. The maximum atomic E-state index is 11.7. The van der Waals surface area contributed by atoms with Crippen LogP contribution in [0.15, 0.2) is 0 Å². The van der Waals surface area contributed by atoms with Crippen LogP contribution in [0.4, 0.5) is 0 Å². The second-order valence-electron chi connectivity index (χ2n) is 8.61. The molecule has 7 heteroatoms. The van der Waals surface area contributed by atoms with Crippen molar-refractivity contribution in [2.75, 3.05) is 13.2 Å². The van der Waals surface area contributed by atoms with Gasteiger partial charge in [0.25, 0.3) is 0 Å². The van der Waals surface area contributed by atoms with E-state index in [1.165, 1.54) is 77.0 Å². The van der Waals surface area contributed by atoms with Crippen LogP contribution in [-0.2, 0) is 23.9 Å². The van der Waals surface area contributed by atoms with Gasteiger partial charge in [-0.15, -0.1) is 0 Å². The quantitative estimate of drug-likeness (QED) is 0.152. The summed E-state index contributed by atoms with van der Waals surface area (Å²) in [5, 5.41) is 18.1. The molecule has 0 saturated heterocycles. The smallest absolute Gasteiger partial charge is 0.306 e. The van der Waals surface area contributed by atoms with E-state index >= 15 is 0 Å². The van der Waals surface area contributed by atoms with Crippen molar-refractivity contribution in [1.82, 2.24) is 0 Å². The van der Waals surface area contributed by atoms with Crippen molar-refractivity contribution in [3.63, 3.8) is 0 Å². The predicted molar refractivity (Wildman–Crippen MR) is 124 cm³/mol. The highest BCUT2D eigenvalue weighted by atomic mass is 16.6. The van der Waals surface area contributed by atoms with E-state index in [1.54, 1.807) is 0 Å². The summed E-state index contributed by atoms with van der Waals surface area (Å²) in [4.78, 5) is 33.3. The number of carboxylic acids is 1. The monoisotopic (exact) mass is 458 g/mol. The highest BCUT2D eigenvalue weighted by Crippen LogP contribution is 2.13. The average Bonchev–Trinajstić information content (AvgIpc) is 2.77. The lowest BCUT2D eigenvalue weighted by Crippen LogP contribution is -2.25. The molecule has 0 saturated carbocycles. The number of aliphatic hydroxyl groups excluding tert-OH is 1. The molecule has 0 aliphatic heterocycles. The zero-order valence-corrected chi connectivity index (χ0v) is 20.2. The molecule has 2 N–H and O–H groups in total. The number of aliphatic hydroxyl groups is 1. The van der Waals surface area contributed by atoms with Gasteiger partial charge in [0, 0.05) is 6.42 Å². The van der Waals surface area contributed by atoms with Crippen LogP contribution in [0.1, 0.15) is 122 Å². The van der Waals surface area contributed by atoms with Gasteiger partial charge < -0.3 is 19.7 Å². The Hall–Kier alpha value is -1.63. The zero-order chi connectivity index (χ0) is 23.9. The van der Waals surface area contributed by atoms with Gasteiger partial charge in [0.05, 0.1) is 12.8 Å². The molecule has 0 aliphatic rings. The first kappa shape index (κ1) is 30.4. The van der Waals surface area contributed by atoms with E-state index in [9.17, 15) is 19.5 Å². The van der Waals surface area contributed by atoms with Gasteiger partial charge in [-0.2, -0.15) is 0 Å². The van der Waals surface area contributed by atoms with Gasteiger partial charge in [0.15, 0.2) is 0 Å². The molecule has 0 amide bonds. The third kappa shape index (κ3) is 23.0. The summed E-state index contributed by atoms with van der Waals surface area (Å²) in [6.45, 7) is 1.71. The van der Waals surface area contributed by atoms with Crippen molar-refractivity contribution >= 4 is 17.9 Å². The lowest BCUT2D eigenvalue weighted by molar-refractivity contribution is -0.154. The molecule has 0 heterocycles. The summed E-state index contributed by atoms with van der Waals surface area (Å²) in [6.07, 6.45) is 17.6. The Morgan fingerprint density at radius 1 is 0.594 bits per heavy atom. The Kier molecular flexibility index (Phi) is 21.4. The molecule has 0 bridgehead atoms. The largest absolute Gasteiger partial charge is 0.481 e. The van der Waals surface area contributed by atoms with E-state index in [0.29, 0.717) is 6.42 Å². The van der Waals surface area contributed by atoms with Gasteiger partial charge in [-0.05, 0) is 6.42 Å². The van der Waals surface area contributed by atoms with Crippen LogP contribution < -0.4 is 0 Å². The number of hydrogen-bond donors (Lipinski definition) is 2. The fourth-order valence-corrected chi connectivity index (χ4v) is 3.42. The summed E-state index contributed by atoms with van der Waals surface area (Å²) < 4.78 is 9.71. The van der Waals surface area contributed by atoms with E-state index in [-0.39, 0.29) is 32.0 Å². The number of unbranched alkanes of at least 4 members (excludes halogenated alkanes) is 14. The number of rotatable bonds is 23. The van der Waals surface area contributed by atoms with Gasteiger partial charge >= 0.3 is 17.9 Å². The molecule has 0 rings (SSSR count). The van der Waals surface area contributed by atoms with E-state index in [2.05, 4.69) is 6.92 Å². The molecule has 0 aromatic carbocycles. The van der Waals surface area contributed by atoms with E-state index in [0.717, 1.165) is 19.3 Å². The minimum absolute atomic E-state index is 0.232. The molecule has 0 aromatic heterocycles. The first-order chi connectivity index (χ1) is 15.5. The third-order valence-corrected chi connectivity index (χ3v) is 5.40. The second kappa shape index (κ2) is 22.6. The van der Waals surface area contributed by atoms with Crippen molar-refractivity contribution in [2.24, 2.45) is 0 Å². The Labute approximate surface area is 194 Å². The van der Waals surface area contributed by atoms with Crippen molar-refractivity contribution in [3.05, 3.63) is 0 Å². The highest BCUT2D eigenvalue weighted by molar-refractivity contribution is 5.76. The van der Waals surface area contributed by atoms with E-state index in [4.69, 9.17) is 14.6 Å². The summed E-state index contributed by atoms with van der Waals surface area (Å²) in [5.74, 6) is -2.15. The summed E-state index contributed by atoms with van der Waals surface area (Å²) in [5.41, 5.74) is 0. The zero-order valence-electron chi connectivity index (χ0n) is 20.2. The lowest BCUT2D eigenvalue weighted by Gasteiger charge is -2.11. The number of hydrogen-bond acceptors (Lipinski definition) is 6. The van der Waals surface area contributed by atoms with Crippen LogP contribution in [0, 0.1) is 0 Å². The Balaban J connectivity index is 3.37. The molecular formula is C25H46O7. The van der Waals surface area contributed by atoms with E-state index < -0.39 is 18.0 Å². The summed E-state index contributed by atoms with van der Waals surface area (Å²) in [7, 11) is 0. The Bertz CT molecular complexity index is 479. The molecule has 0 spiro atoms. The molecule has 0 aromatic rings. The standard InChI is InChI=1S/C25H46O7/c1-2-3-4-5-6-7-8-9-10-11-12-13-14-15-16-17-24(29)31-20-22(26)21-32-25(30)19-18-23(27)28/h22,26H,2-21H2,1H3,(H,27,28). The fourth-order valence-electron chi connectivity index (χ4n) is 3.42. The number of ether oxygens (including phenoxy) is 2. The molecule has 7 nitrogen and oxygen atoms in total. The van der Waals surface area contributed by atoms with Crippen LogP contribution in [0.5, 0.6) is 0 Å². The van der Waals surface area contributed by atoms with Crippen LogP contribution in [-0.4, -0.2) is 47.4 Å². The number of carbonyl (C=O) groups is 3. The molecule has 0 aliphatic carbocycles.